The summed E-state index contributed by atoms with van der Waals surface area (Å²) in [6.07, 6.45) is 0.373. The van der Waals surface area contributed by atoms with Crippen molar-refractivity contribution in [2.75, 3.05) is 13.6 Å². The summed E-state index contributed by atoms with van der Waals surface area (Å²) in [6.45, 7) is 7.08. The second kappa shape index (κ2) is 7.36. The first-order valence-electron chi connectivity index (χ1n) is 6.95. The summed E-state index contributed by atoms with van der Waals surface area (Å²) in [4.78, 5) is 12.9. The number of hydrogen-bond acceptors (Lipinski definition) is 4. The topological polar surface area (TPSA) is 66.6 Å². The number of hydrogen-bond donors (Lipinski definition) is 1. The number of benzene rings is 1. The van der Waals surface area contributed by atoms with Gasteiger partial charge in [-0.1, -0.05) is 26.0 Å². The molecule has 0 aliphatic rings. The Morgan fingerprint density at radius 2 is 2.00 bits per heavy atom. The Hall–Kier alpha value is -1.46. The molecule has 0 aliphatic heterocycles. The number of rotatable bonds is 7. The van der Waals surface area contributed by atoms with E-state index in [0.29, 0.717) is 13.0 Å². The quantitative estimate of drug-likeness (QED) is 0.616. The lowest BCUT2D eigenvalue weighted by Crippen LogP contribution is -2.22. The minimum atomic E-state index is -0.324. The Morgan fingerprint density at radius 1 is 1.35 bits per heavy atom. The van der Waals surface area contributed by atoms with Crippen LogP contribution in [0.5, 0.6) is 0 Å². The summed E-state index contributed by atoms with van der Waals surface area (Å²) in [5, 5.41) is 20.4. The van der Waals surface area contributed by atoms with Crippen LogP contribution >= 0.6 is 0 Å². The Kier molecular flexibility index (Phi) is 6.10. The van der Waals surface area contributed by atoms with E-state index in [4.69, 9.17) is 0 Å². The molecule has 0 heterocycles. The molecule has 1 aromatic rings. The standard InChI is InChI=1S/C15H24N2O3/c1-11(2)14-6-5-13(9-15(14)17(19)20)10-16(4)8-7-12(3)18/h5-6,9,11-12,18H,7-8,10H2,1-4H3. The van der Waals surface area contributed by atoms with Crippen molar-refractivity contribution in [3.05, 3.63) is 39.4 Å². The Morgan fingerprint density at radius 3 is 2.50 bits per heavy atom. The molecule has 5 heteroatoms. The fourth-order valence-corrected chi connectivity index (χ4v) is 2.13. The second-order valence-electron chi connectivity index (χ2n) is 5.68. The lowest BCUT2D eigenvalue weighted by atomic mass is 9.99. The first-order valence-corrected chi connectivity index (χ1v) is 6.95. The van der Waals surface area contributed by atoms with Crippen molar-refractivity contribution in [1.29, 1.82) is 0 Å². The first-order chi connectivity index (χ1) is 9.31. The number of nitro benzene ring substituents is 1. The molecule has 0 saturated carbocycles. The summed E-state index contributed by atoms with van der Waals surface area (Å²) in [5.41, 5.74) is 1.89. The van der Waals surface area contributed by atoms with Gasteiger partial charge in [0.2, 0.25) is 0 Å². The molecule has 0 spiro atoms. The van der Waals surface area contributed by atoms with Crippen molar-refractivity contribution < 1.29 is 10.0 Å². The van der Waals surface area contributed by atoms with Crippen molar-refractivity contribution in [2.24, 2.45) is 0 Å². The van der Waals surface area contributed by atoms with Gasteiger partial charge in [0.1, 0.15) is 0 Å². The number of aliphatic hydroxyl groups is 1. The van der Waals surface area contributed by atoms with Gasteiger partial charge in [0.05, 0.1) is 11.0 Å². The van der Waals surface area contributed by atoms with Gasteiger partial charge in [-0.3, -0.25) is 10.1 Å². The van der Waals surface area contributed by atoms with Crippen LogP contribution in [0.15, 0.2) is 18.2 Å². The third-order valence-corrected chi connectivity index (χ3v) is 3.29. The van der Waals surface area contributed by atoms with E-state index in [2.05, 4.69) is 4.90 Å². The first kappa shape index (κ1) is 16.6. The summed E-state index contributed by atoms with van der Waals surface area (Å²) < 4.78 is 0. The molecule has 1 atom stereocenters. The molecule has 0 radical (unpaired) electrons. The van der Waals surface area contributed by atoms with E-state index in [9.17, 15) is 15.2 Å². The van der Waals surface area contributed by atoms with E-state index < -0.39 is 0 Å². The molecule has 1 unspecified atom stereocenters. The summed E-state index contributed by atoms with van der Waals surface area (Å²) in [7, 11) is 1.95. The van der Waals surface area contributed by atoms with Gasteiger partial charge in [0.15, 0.2) is 0 Å². The zero-order chi connectivity index (χ0) is 15.3. The molecular formula is C15H24N2O3. The van der Waals surface area contributed by atoms with E-state index in [-0.39, 0.29) is 22.6 Å². The van der Waals surface area contributed by atoms with Gasteiger partial charge in [-0.25, -0.2) is 0 Å². The molecule has 112 valence electrons. The molecule has 1 aromatic carbocycles. The Bertz CT molecular complexity index is 458. The SMILES string of the molecule is CC(O)CCN(C)Cc1ccc(C(C)C)c([N+](=O)[O-])c1. The zero-order valence-corrected chi connectivity index (χ0v) is 12.7. The van der Waals surface area contributed by atoms with Gasteiger partial charge in [-0.15, -0.1) is 0 Å². The molecule has 1 N–H and O–H groups in total. The second-order valence-corrected chi connectivity index (χ2v) is 5.68. The number of nitrogens with zero attached hydrogens (tertiary/aromatic N) is 2. The van der Waals surface area contributed by atoms with Crippen LogP contribution in [0.2, 0.25) is 0 Å². The molecule has 1 rings (SSSR count). The van der Waals surface area contributed by atoms with Crippen molar-refractivity contribution >= 4 is 5.69 Å². The molecule has 5 nitrogen and oxygen atoms in total. The normalized spacial score (nSPS) is 12.9. The number of nitro groups is 1. The van der Waals surface area contributed by atoms with Crippen molar-refractivity contribution in [1.82, 2.24) is 4.90 Å². The van der Waals surface area contributed by atoms with Crippen molar-refractivity contribution in [2.45, 2.75) is 45.8 Å². The van der Waals surface area contributed by atoms with Gasteiger partial charge in [0.25, 0.3) is 5.69 Å². The van der Waals surface area contributed by atoms with Crippen LogP contribution in [0.4, 0.5) is 5.69 Å². The average molecular weight is 280 g/mol. The van der Waals surface area contributed by atoms with Crippen LogP contribution in [0, 0.1) is 10.1 Å². The third-order valence-electron chi connectivity index (χ3n) is 3.29. The summed E-state index contributed by atoms with van der Waals surface area (Å²) >= 11 is 0. The van der Waals surface area contributed by atoms with Crippen LogP contribution in [0.3, 0.4) is 0 Å². The molecule has 0 saturated heterocycles. The van der Waals surface area contributed by atoms with Crippen molar-refractivity contribution in [3.63, 3.8) is 0 Å². The minimum absolute atomic E-state index is 0.136. The Labute approximate surface area is 120 Å². The fraction of sp³-hybridized carbons (Fsp3) is 0.600. The smallest absolute Gasteiger partial charge is 0.273 e. The number of aliphatic hydroxyl groups excluding tert-OH is 1. The maximum Gasteiger partial charge on any atom is 0.273 e. The predicted molar refractivity (Wildman–Crippen MR) is 79.8 cm³/mol. The Balaban J connectivity index is 2.82. The highest BCUT2D eigenvalue weighted by Gasteiger charge is 2.17. The maximum absolute atomic E-state index is 11.1. The lowest BCUT2D eigenvalue weighted by Gasteiger charge is -2.18. The molecule has 20 heavy (non-hydrogen) atoms. The monoisotopic (exact) mass is 280 g/mol. The molecular weight excluding hydrogens is 256 g/mol. The minimum Gasteiger partial charge on any atom is -0.393 e. The van der Waals surface area contributed by atoms with Crippen LogP contribution in [0.1, 0.15) is 44.2 Å². The van der Waals surface area contributed by atoms with Gasteiger partial charge in [0, 0.05) is 24.7 Å². The molecule has 0 aliphatic carbocycles. The molecule has 0 bridgehead atoms. The largest absolute Gasteiger partial charge is 0.393 e. The summed E-state index contributed by atoms with van der Waals surface area (Å²) in [6, 6.07) is 5.45. The highest BCUT2D eigenvalue weighted by Crippen LogP contribution is 2.27. The van der Waals surface area contributed by atoms with Crippen LogP contribution in [-0.4, -0.2) is 34.6 Å². The molecule has 0 aromatic heterocycles. The summed E-state index contributed by atoms with van der Waals surface area (Å²) in [5.74, 6) is 0.136. The zero-order valence-electron chi connectivity index (χ0n) is 12.7. The van der Waals surface area contributed by atoms with E-state index in [1.807, 2.05) is 33.0 Å². The maximum atomic E-state index is 11.1. The van der Waals surface area contributed by atoms with E-state index in [0.717, 1.165) is 17.7 Å². The lowest BCUT2D eigenvalue weighted by molar-refractivity contribution is -0.385. The van der Waals surface area contributed by atoms with E-state index >= 15 is 0 Å². The highest BCUT2D eigenvalue weighted by atomic mass is 16.6. The van der Waals surface area contributed by atoms with E-state index in [1.165, 1.54) is 0 Å². The van der Waals surface area contributed by atoms with Gasteiger partial charge in [-0.05, 0) is 31.9 Å². The van der Waals surface area contributed by atoms with Gasteiger partial charge in [-0.2, -0.15) is 0 Å². The highest BCUT2D eigenvalue weighted by molar-refractivity contribution is 5.45. The molecule has 0 fully saturated rings. The van der Waals surface area contributed by atoms with Crippen LogP contribution in [0.25, 0.3) is 0 Å². The molecule has 0 amide bonds. The van der Waals surface area contributed by atoms with Crippen LogP contribution < -0.4 is 0 Å². The van der Waals surface area contributed by atoms with Gasteiger partial charge < -0.3 is 10.0 Å². The van der Waals surface area contributed by atoms with Crippen molar-refractivity contribution in [3.8, 4) is 0 Å². The average Bonchev–Trinajstić information content (AvgIpc) is 2.35. The van der Waals surface area contributed by atoms with Crippen LogP contribution in [-0.2, 0) is 6.54 Å². The van der Waals surface area contributed by atoms with E-state index in [1.54, 1.807) is 13.0 Å². The predicted octanol–water partition coefficient (Wildman–Crippen LogP) is 2.92. The third kappa shape index (κ3) is 4.90. The fourth-order valence-electron chi connectivity index (χ4n) is 2.13. The van der Waals surface area contributed by atoms with Gasteiger partial charge >= 0.3 is 0 Å².